The van der Waals surface area contributed by atoms with Crippen molar-refractivity contribution in [2.75, 3.05) is 11.9 Å². The van der Waals surface area contributed by atoms with Crippen molar-refractivity contribution in [1.82, 2.24) is 0 Å². The number of nitrogens with one attached hydrogen (secondary N) is 1. The van der Waals surface area contributed by atoms with E-state index < -0.39 is 6.10 Å². The molecule has 0 aliphatic carbocycles. The lowest BCUT2D eigenvalue weighted by Crippen LogP contribution is -2.12. The van der Waals surface area contributed by atoms with Crippen LogP contribution in [0.1, 0.15) is 11.7 Å². The van der Waals surface area contributed by atoms with Crippen LogP contribution in [-0.4, -0.2) is 11.7 Å². The van der Waals surface area contributed by atoms with Crippen molar-refractivity contribution in [3.05, 3.63) is 61.5 Å². The lowest BCUT2D eigenvalue weighted by Gasteiger charge is -2.15. The van der Waals surface area contributed by atoms with Crippen LogP contribution >= 0.6 is 50.7 Å². The molecule has 0 aromatic heterocycles. The monoisotopic (exact) mass is 393 g/mol. The number of benzene rings is 2. The molecule has 0 heterocycles. The van der Waals surface area contributed by atoms with E-state index in [1.165, 1.54) is 0 Å². The van der Waals surface area contributed by atoms with Crippen LogP contribution in [0.2, 0.25) is 15.1 Å². The van der Waals surface area contributed by atoms with Crippen molar-refractivity contribution in [2.45, 2.75) is 6.10 Å². The molecule has 106 valence electrons. The minimum atomic E-state index is -0.678. The number of rotatable bonds is 4. The lowest BCUT2D eigenvalue weighted by molar-refractivity contribution is 0.191. The maximum atomic E-state index is 10.1. The molecule has 0 saturated heterocycles. The average Bonchev–Trinajstić information content (AvgIpc) is 2.38. The number of hydrogen-bond donors (Lipinski definition) is 2. The molecule has 0 saturated carbocycles. The normalized spacial score (nSPS) is 12.2. The second-order valence-corrected chi connectivity index (χ2v) is 6.36. The topological polar surface area (TPSA) is 32.3 Å². The zero-order valence-corrected chi connectivity index (χ0v) is 14.1. The SMILES string of the molecule is OC(CNc1c(Cl)cc(Br)cc1Cl)c1ccc(Cl)cc1. The molecule has 1 unspecified atom stereocenters. The number of halogens is 4. The van der Waals surface area contributed by atoms with E-state index in [1.807, 2.05) is 0 Å². The molecule has 0 spiro atoms. The van der Waals surface area contributed by atoms with Crippen LogP contribution in [0.25, 0.3) is 0 Å². The molecule has 2 aromatic rings. The number of aliphatic hydroxyl groups excluding tert-OH is 1. The summed E-state index contributed by atoms with van der Waals surface area (Å²) in [4.78, 5) is 0. The fourth-order valence-electron chi connectivity index (χ4n) is 1.71. The first-order valence-corrected chi connectivity index (χ1v) is 7.72. The van der Waals surface area contributed by atoms with Gasteiger partial charge in [-0.1, -0.05) is 62.9 Å². The van der Waals surface area contributed by atoms with Gasteiger partial charge in [-0.2, -0.15) is 0 Å². The summed E-state index contributed by atoms with van der Waals surface area (Å²) in [6.07, 6.45) is -0.678. The Balaban J connectivity index is 2.07. The zero-order chi connectivity index (χ0) is 14.7. The number of aliphatic hydroxyl groups is 1. The Hall–Kier alpha value is -0.450. The molecule has 0 aliphatic rings. The number of anilines is 1. The van der Waals surface area contributed by atoms with Crippen LogP contribution in [0.3, 0.4) is 0 Å². The van der Waals surface area contributed by atoms with E-state index in [0.29, 0.717) is 27.3 Å². The van der Waals surface area contributed by atoms with Gasteiger partial charge in [0.15, 0.2) is 0 Å². The minimum absolute atomic E-state index is 0.294. The summed E-state index contributed by atoms with van der Waals surface area (Å²) < 4.78 is 0.802. The Bertz CT molecular complexity index is 581. The Morgan fingerprint density at radius 2 is 1.60 bits per heavy atom. The quantitative estimate of drug-likeness (QED) is 0.711. The first-order chi connectivity index (χ1) is 9.47. The highest BCUT2D eigenvalue weighted by Gasteiger charge is 2.11. The van der Waals surface area contributed by atoms with Crippen LogP contribution < -0.4 is 5.32 Å². The van der Waals surface area contributed by atoms with Gasteiger partial charge in [-0.15, -0.1) is 0 Å². The summed E-state index contributed by atoms with van der Waals surface area (Å²) in [5.41, 5.74) is 1.37. The predicted molar refractivity (Wildman–Crippen MR) is 89.1 cm³/mol. The van der Waals surface area contributed by atoms with Crippen LogP contribution in [-0.2, 0) is 0 Å². The second kappa shape index (κ2) is 7.01. The molecule has 0 radical (unpaired) electrons. The molecule has 2 aromatic carbocycles. The van der Waals surface area contributed by atoms with Crippen molar-refractivity contribution >= 4 is 56.4 Å². The summed E-state index contributed by atoms with van der Waals surface area (Å²) in [5, 5.41) is 14.8. The predicted octanol–water partition coefficient (Wildman–Crippen LogP) is 5.55. The summed E-state index contributed by atoms with van der Waals surface area (Å²) >= 11 is 21.3. The number of hydrogen-bond acceptors (Lipinski definition) is 2. The van der Waals surface area contributed by atoms with Gasteiger partial charge in [0.2, 0.25) is 0 Å². The van der Waals surface area contributed by atoms with Crippen molar-refractivity contribution in [3.63, 3.8) is 0 Å². The third-order valence-electron chi connectivity index (χ3n) is 2.73. The molecule has 0 aliphatic heterocycles. The summed E-state index contributed by atoms with van der Waals surface area (Å²) in [6, 6.07) is 10.5. The van der Waals surface area contributed by atoms with E-state index in [9.17, 15) is 5.11 Å². The van der Waals surface area contributed by atoms with E-state index in [-0.39, 0.29) is 0 Å². The standard InChI is InChI=1S/C14H11BrCl3NO/c15-9-5-11(17)14(12(18)6-9)19-7-13(20)8-1-3-10(16)4-2-8/h1-6,13,19-20H,7H2. The highest BCUT2D eigenvalue weighted by Crippen LogP contribution is 2.34. The van der Waals surface area contributed by atoms with Crippen LogP contribution in [0.4, 0.5) is 5.69 Å². The Labute approximate surface area is 140 Å². The molecule has 2 nitrogen and oxygen atoms in total. The van der Waals surface area contributed by atoms with E-state index >= 15 is 0 Å². The van der Waals surface area contributed by atoms with Crippen LogP contribution in [0, 0.1) is 0 Å². The fraction of sp³-hybridized carbons (Fsp3) is 0.143. The van der Waals surface area contributed by atoms with Gasteiger partial charge in [-0.3, -0.25) is 0 Å². The molecule has 20 heavy (non-hydrogen) atoms. The van der Waals surface area contributed by atoms with E-state index in [2.05, 4.69) is 21.2 Å². The van der Waals surface area contributed by atoms with Gasteiger partial charge >= 0.3 is 0 Å². The molecule has 6 heteroatoms. The Kier molecular flexibility index (Phi) is 5.58. The molecule has 0 bridgehead atoms. The maximum absolute atomic E-state index is 10.1. The third kappa shape index (κ3) is 4.03. The van der Waals surface area contributed by atoms with Gasteiger partial charge < -0.3 is 10.4 Å². The largest absolute Gasteiger partial charge is 0.387 e. The highest BCUT2D eigenvalue weighted by molar-refractivity contribution is 9.10. The third-order valence-corrected chi connectivity index (χ3v) is 4.04. The molecule has 2 rings (SSSR count). The minimum Gasteiger partial charge on any atom is -0.387 e. The van der Waals surface area contributed by atoms with Crippen molar-refractivity contribution in [1.29, 1.82) is 0 Å². The van der Waals surface area contributed by atoms with Crippen molar-refractivity contribution in [2.24, 2.45) is 0 Å². The van der Waals surface area contributed by atoms with Crippen LogP contribution in [0.5, 0.6) is 0 Å². The Morgan fingerprint density at radius 3 is 2.15 bits per heavy atom. The summed E-state index contributed by atoms with van der Waals surface area (Å²) in [5.74, 6) is 0. The first kappa shape index (κ1) is 15.9. The molecule has 2 N–H and O–H groups in total. The highest BCUT2D eigenvalue weighted by atomic mass is 79.9. The summed E-state index contributed by atoms with van der Waals surface area (Å²) in [7, 11) is 0. The average molecular weight is 396 g/mol. The molecule has 0 fully saturated rings. The second-order valence-electron chi connectivity index (χ2n) is 4.19. The van der Waals surface area contributed by atoms with Gasteiger partial charge in [0.25, 0.3) is 0 Å². The Morgan fingerprint density at radius 1 is 1.05 bits per heavy atom. The van der Waals surface area contributed by atoms with E-state index in [0.717, 1.165) is 10.0 Å². The van der Waals surface area contributed by atoms with Gasteiger partial charge in [0.1, 0.15) is 0 Å². The van der Waals surface area contributed by atoms with Gasteiger partial charge in [0.05, 0.1) is 21.8 Å². The molecular formula is C14H11BrCl3NO. The van der Waals surface area contributed by atoms with Gasteiger partial charge in [0, 0.05) is 16.0 Å². The zero-order valence-electron chi connectivity index (χ0n) is 10.2. The van der Waals surface area contributed by atoms with E-state index in [4.69, 9.17) is 34.8 Å². The lowest BCUT2D eigenvalue weighted by atomic mass is 10.1. The molecule has 0 amide bonds. The molecular weight excluding hydrogens is 384 g/mol. The van der Waals surface area contributed by atoms with E-state index in [1.54, 1.807) is 36.4 Å². The van der Waals surface area contributed by atoms with Gasteiger partial charge in [-0.05, 0) is 29.8 Å². The van der Waals surface area contributed by atoms with Crippen LogP contribution in [0.15, 0.2) is 40.9 Å². The first-order valence-electron chi connectivity index (χ1n) is 5.79. The maximum Gasteiger partial charge on any atom is 0.0962 e. The van der Waals surface area contributed by atoms with Gasteiger partial charge in [-0.25, -0.2) is 0 Å². The molecule has 1 atom stereocenters. The fourth-order valence-corrected chi connectivity index (χ4v) is 3.18. The smallest absolute Gasteiger partial charge is 0.0962 e. The summed E-state index contributed by atoms with van der Waals surface area (Å²) in [6.45, 7) is 0.294. The van der Waals surface area contributed by atoms with Crippen molar-refractivity contribution < 1.29 is 5.11 Å². The van der Waals surface area contributed by atoms with Crippen molar-refractivity contribution in [3.8, 4) is 0 Å².